The molecule has 1 N–H and O–H groups in total. The molecule has 0 radical (unpaired) electrons. The van der Waals surface area contributed by atoms with Gasteiger partial charge in [-0.3, -0.25) is 0 Å². The van der Waals surface area contributed by atoms with Crippen molar-refractivity contribution < 1.29 is 23.0 Å². The Labute approximate surface area is 310 Å². The average molecular weight is 960 g/mol. The number of allylic oxidation sites excluding steroid dienone is 4. The molecule has 3 nitrogen and oxygen atoms in total. The molecule has 0 amide bonds. The molecule has 46 heavy (non-hydrogen) atoms. The molecule has 0 aliphatic heterocycles. The summed E-state index contributed by atoms with van der Waals surface area (Å²) in [5, 5.41) is 12.3. The molecule has 3 aliphatic carbocycles. The van der Waals surface area contributed by atoms with E-state index in [0.717, 1.165) is 46.4 Å². The first-order valence-electron chi connectivity index (χ1n) is 16.1. The molecule has 1 fully saturated rings. The standard InChI is InChI=1S/C21H24Br2O.C6H3Cl2N.C6H8N.C5H10.W/c1-12-17(22)10-13-6-2-4-8-15(13)19(12)20-16-9-5-3-7-14(16)11-18(23)21(20)24;7-4-2-1-3-5(8)6(4)9;1-5-3-4-6(2)7-5;1-5(2,3)4;/h10-12,17,24H,2-9H2,1H3;1-3H;3-4H,1-2H3;1H,2-4H3;/q;;-1;;/t12?,17-;;;;/m0..../s1. The van der Waals surface area contributed by atoms with Gasteiger partial charge in [-0.1, -0.05) is 54.9 Å². The first-order chi connectivity index (χ1) is 21.8. The minimum absolute atomic E-state index is 0.238. The first kappa shape index (κ1) is 37.7. The molecule has 2 atom stereocenters. The Bertz CT molecular complexity index is 1640. The van der Waals surface area contributed by atoms with Crippen molar-refractivity contribution in [3.05, 3.63) is 96.2 Å². The smallest absolute Gasteiger partial charge is 0.137 e. The average Bonchev–Trinajstić information content (AvgIpc) is 3.39. The Morgan fingerprint density at radius 2 is 1.57 bits per heavy atom. The van der Waals surface area contributed by atoms with Crippen molar-refractivity contribution in [3.63, 3.8) is 0 Å². The minimum Gasteiger partial charge on any atom is -0.665 e. The van der Waals surface area contributed by atoms with Crippen LogP contribution in [0.2, 0.25) is 10.0 Å². The summed E-state index contributed by atoms with van der Waals surface area (Å²) in [5.41, 5.74) is 11.6. The number of aromatic nitrogens is 1. The molecule has 3 aromatic rings. The number of halogens is 4. The predicted molar refractivity (Wildman–Crippen MR) is 201 cm³/mol. The molecule has 3 aliphatic rings. The topological polar surface area (TPSA) is 46.7 Å². The molecule has 1 aromatic heterocycles. The van der Waals surface area contributed by atoms with E-state index in [2.05, 4.69) is 84.6 Å². The van der Waals surface area contributed by atoms with Crippen molar-refractivity contribution in [3.8, 4) is 5.75 Å². The molecule has 0 spiro atoms. The normalized spacial score (nSPS) is 19.0. The summed E-state index contributed by atoms with van der Waals surface area (Å²) < 4.78 is 7.69. The van der Waals surface area contributed by atoms with Gasteiger partial charge in [0.1, 0.15) is 5.75 Å². The van der Waals surface area contributed by atoms with Gasteiger partial charge in [0.05, 0.1) is 4.47 Å². The molecule has 0 saturated heterocycles. The SMILES string of the molecule is CC(C)(C)[CH]=[W]=[N]c1c(Cl)cccc1Cl.CC1C(c2c(O)c(Br)cc3c2CCCC3)=C2CCCCC2=C[C@@H]1Br.Cc1ccc(C)[n-]1. The van der Waals surface area contributed by atoms with E-state index < -0.39 is 17.9 Å². The van der Waals surface area contributed by atoms with Crippen LogP contribution in [0.25, 0.3) is 5.57 Å². The quantitative estimate of drug-likeness (QED) is 0.260. The van der Waals surface area contributed by atoms with Crippen LogP contribution in [0, 0.1) is 25.2 Å². The third-order valence-corrected chi connectivity index (χ3v) is 14.6. The van der Waals surface area contributed by atoms with E-state index in [1.807, 2.05) is 44.2 Å². The Morgan fingerprint density at radius 1 is 0.957 bits per heavy atom. The van der Waals surface area contributed by atoms with Gasteiger partial charge >= 0.3 is 109 Å². The fourth-order valence-corrected chi connectivity index (χ4v) is 10.5. The van der Waals surface area contributed by atoms with Crippen LogP contribution in [-0.4, -0.2) is 14.3 Å². The van der Waals surface area contributed by atoms with E-state index in [1.54, 1.807) is 0 Å². The number of aryl methyl sites for hydroxylation is 3. The summed E-state index contributed by atoms with van der Waals surface area (Å²) in [7, 11) is 0. The largest absolute Gasteiger partial charge is 0.665 e. The summed E-state index contributed by atoms with van der Waals surface area (Å²) in [6.07, 6.45) is 12.1. The van der Waals surface area contributed by atoms with Crippen LogP contribution < -0.4 is 4.98 Å². The molecule has 248 valence electrons. The monoisotopic (exact) mass is 957 g/mol. The number of alkyl halides is 1. The maximum absolute atomic E-state index is 11.0. The first-order valence-corrected chi connectivity index (χ1v) is 21.6. The molecular weight excluding hydrogens is 915 g/mol. The fourth-order valence-electron chi connectivity index (χ4n) is 6.12. The third kappa shape index (κ3) is 9.97. The zero-order valence-corrected chi connectivity index (χ0v) is 35.3. The van der Waals surface area contributed by atoms with Gasteiger partial charge in [-0.25, -0.2) is 0 Å². The number of aromatic hydroxyl groups is 1. The zero-order chi connectivity index (χ0) is 33.6. The van der Waals surface area contributed by atoms with Gasteiger partial charge in [-0.2, -0.15) is 11.4 Å². The van der Waals surface area contributed by atoms with Crippen molar-refractivity contribution in [2.24, 2.45) is 14.8 Å². The van der Waals surface area contributed by atoms with Crippen LogP contribution >= 0.6 is 55.1 Å². The van der Waals surface area contributed by atoms with Gasteiger partial charge in [0.15, 0.2) is 0 Å². The summed E-state index contributed by atoms with van der Waals surface area (Å²) in [4.78, 5) is 4.47. The number of hydrogen-bond acceptors (Lipinski definition) is 2. The van der Waals surface area contributed by atoms with Crippen molar-refractivity contribution in [2.75, 3.05) is 0 Å². The molecule has 2 aromatic carbocycles. The van der Waals surface area contributed by atoms with E-state index in [1.165, 1.54) is 60.0 Å². The van der Waals surface area contributed by atoms with Gasteiger partial charge in [-0.15, -0.1) is 0 Å². The second-order valence-corrected chi connectivity index (χ2v) is 18.4. The molecule has 6 rings (SSSR count). The molecular formula is C38H45Br2Cl2N2OW-. The van der Waals surface area contributed by atoms with E-state index in [9.17, 15) is 5.11 Å². The number of hydrogen-bond donors (Lipinski definition) is 1. The third-order valence-electron chi connectivity index (χ3n) is 8.38. The number of benzene rings is 2. The fraction of sp³-hybridized carbons (Fsp3) is 0.447. The Hall–Kier alpha value is -1.10. The van der Waals surface area contributed by atoms with Crippen LogP contribution in [0.4, 0.5) is 5.69 Å². The second-order valence-electron chi connectivity index (χ2n) is 13.4. The van der Waals surface area contributed by atoms with E-state index in [4.69, 9.17) is 23.2 Å². The minimum atomic E-state index is -0.850. The van der Waals surface area contributed by atoms with E-state index in [0.29, 0.717) is 26.5 Å². The predicted octanol–water partition coefficient (Wildman–Crippen LogP) is 12.7. The van der Waals surface area contributed by atoms with E-state index in [-0.39, 0.29) is 5.41 Å². The summed E-state index contributed by atoms with van der Waals surface area (Å²) in [5.74, 6) is 0.851. The molecule has 8 heteroatoms. The Kier molecular flexibility index (Phi) is 14.0. The summed E-state index contributed by atoms with van der Waals surface area (Å²) in [6.45, 7) is 12.8. The van der Waals surface area contributed by atoms with Gasteiger partial charge in [0, 0.05) is 10.4 Å². The molecule has 1 heterocycles. The van der Waals surface area contributed by atoms with Crippen LogP contribution in [-0.2, 0) is 30.8 Å². The Morgan fingerprint density at radius 3 is 2.17 bits per heavy atom. The van der Waals surface area contributed by atoms with Gasteiger partial charge in [0.2, 0.25) is 0 Å². The van der Waals surface area contributed by atoms with Crippen LogP contribution in [0.1, 0.15) is 94.3 Å². The van der Waals surface area contributed by atoms with Gasteiger partial charge in [-0.05, 0) is 107 Å². The summed E-state index contributed by atoms with van der Waals surface area (Å²) >= 11 is 18.7. The maximum Gasteiger partial charge on any atom is 0.137 e. The van der Waals surface area contributed by atoms with Crippen molar-refractivity contribution in [1.29, 1.82) is 0 Å². The zero-order valence-electron chi connectivity index (χ0n) is 27.7. The van der Waals surface area contributed by atoms with Crippen molar-refractivity contribution in [2.45, 2.75) is 97.7 Å². The van der Waals surface area contributed by atoms with Gasteiger partial charge in [0.25, 0.3) is 0 Å². The number of rotatable bonds is 2. The van der Waals surface area contributed by atoms with Crippen molar-refractivity contribution in [1.82, 2.24) is 4.98 Å². The number of phenolic OH excluding ortho intramolecular Hbond substituents is 1. The van der Waals surface area contributed by atoms with Crippen molar-refractivity contribution >= 4 is 70.7 Å². The second kappa shape index (κ2) is 17.0. The molecule has 1 saturated carbocycles. The van der Waals surface area contributed by atoms with Crippen LogP contribution in [0.5, 0.6) is 5.75 Å². The molecule has 1 unspecified atom stereocenters. The number of fused-ring (bicyclic) bond motifs is 2. The molecule has 0 bridgehead atoms. The van der Waals surface area contributed by atoms with Gasteiger partial charge < -0.3 is 10.1 Å². The van der Waals surface area contributed by atoms with Crippen LogP contribution in [0.3, 0.4) is 0 Å². The number of phenols is 1. The maximum atomic E-state index is 11.0. The Balaban J connectivity index is 0.000000185. The van der Waals surface area contributed by atoms with E-state index >= 15 is 0 Å². The van der Waals surface area contributed by atoms with Crippen LogP contribution in [0.15, 0.2) is 61.6 Å². The summed E-state index contributed by atoms with van der Waals surface area (Å²) in [6, 6.07) is 11.6. The number of nitrogens with zero attached hydrogens (tertiary/aromatic N) is 2.